The molecule has 0 unspecified atom stereocenters. The predicted molar refractivity (Wildman–Crippen MR) is 94.7 cm³/mol. The van der Waals surface area contributed by atoms with Gasteiger partial charge in [0.1, 0.15) is 5.82 Å². The zero-order valence-corrected chi connectivity index (χ0v) is 13.8. The van der Waals surface area contributed by atoms with Crippen LogP contribution in [0.3, 0.4) is 0 Å². The molecule has 0 saturated carbocycles. The molecule has 2 rings (SSSR count). The molecule has 0 bridgehead atoms. The van der Waals surface area contributed by atoms with Gasteiger partial charge in [0.25, 0.3) is 0 Å². The Morgan fingerprint density at radius 1 is 1.05 bits per heavy atom. The Morgan fingerprint density at radius 3 is 2.27 bits per heavy atom. The molecule has 0 aliphatic heterocycles. The first kappa shape index (κ1) is 16.4. The highest BCUT2D eigenvalue weighted by Gasteiger charge is 2.07. The monoisotopic (exact) mass is 316 g/mol. The maximum absolute atomic E-state index is 13.2. The molecule has 0 aliphatic rings. The molecule has 0 fully saturated rings. The van der Waals surface area contributed by atoms with Crippen LogP contribution in [0.4, 0.5) is 10.1 Å². The minimum absolute atomic E-state index is 0.234. The summed E-state index contributed by atoms with van der Waals surface area (Å²) >= 11 is 5.37. The Kier molecular flexibility index (Phi) is 5.90. The van der Waals surface area contributed by atoms with Gasteiger partial charge < -0.3 is 10.6 Å². The molecule has 2 aromatic carbocycles. The van der Waals surface area contributed by atoms with Crippen LogP contribution in [0, 0.1) is 5.82 Å². The van der Waals surface area contributed by atoms with E-state index in [1.165, 1.54) is 23.3 Å². The summed E-state index contributed by atoms with van der Waals surface area (Å²) in [5.74, 6) is -0.234. The molecule has 0 radical (unpaired) electrons. The molecule has 0 aromatic heterocycles. The van der Waals surface area contributed by atoms with E-state index in [0.717, 1.165) is 24.1 Å². The van der Waals surface area contributed by atoms with Crippen molar-refractivity contribution < 1.29 is 4.39 Å². The van der Waals surface area contributed by atoms with Gasteiger partial charge in [-0.25, -0.2) is 4.39 Å². The summed E-state index contributed by atoms with van der Waals surface area (Å²) in [6, 6.07) is 12.8. The highest BCUT2D eigenvalue weighted by atomic mass is 32.1. The molecule has 0 saturated heterocycles. The van der Waals surface area contributed by atoms with Gasteiger partial charge in [0.05, 0.1) is 0 Å². The molecule has 0 amide bonds. The van der Waals surface area contributed by atoms with Gasteiger partial charge in [0.15, 0.2) is 5.11 Å². The Balaban J connectivity index is 2.03. The SMILES string of the molecule is CCc1cccc(CC)c1NC(=S)NCc1cccc(F)c1. The fourth-order valence-electron chi connectivity index (χ4n) is 2.39. The zero-order valence-electron chi connectivity index (χ0n) is 12.9. The van der Waals surface area contributed by atoms with Gasteiger partial charge in [0, 0.05) is 12.2 Å². The highest BCUT2D eigenvalue weighted by Crippen LogP contribution is 2.22. The molecular formula is C18H21FN2S. The van der Waals surface area contributed by atoms with E-state index in [1.54, 1.807) is 6.07 Å². The second-order valence-corrected chi connectivity index (χ2v) is 5.50. The summed E-state index contributed by atoms with van der Waals surface area (Å²) in [6.07, 6.45) is 1.89. The third-order valence-corrected chi connectivity index (χ3v) is 3.83. The number of hydrogen-bond donors (Lipinski definition) is 2. The number of hydrogen-bond acceptors (Lipinski definition) is 1. The third-order valence-electron chi connectivity index (χ3n) is 3.58. The zero-order chi connectivity index (χ0) is 15.9. The molecule has 0 atom stereocenters. The predicted octanol–water partition coefficient (Wildman–Crippen LogP) is 4.44. The van der Waals surface area contributed by atoms with Crippen LogP contribution < -0.4 is 10.6 Å². The van der Waals surface area contributed by atoms with Gasteiger partial charge in [-0.05, 0) is 53.9 Å². The van der Waals surface area contributed by atoms with Crippen molar-refractivity contribution in [3.05, 3.63) is 65.0 Å². The maximum Gasteiger partial charge on any atom is 0.171 e. The Morgan fingerprint density at radius 2 is 1.68 bits per heavy atom. The second-order valence-electron chi connectivity index (χ2n) is 5.10. The van der Waals surface area contributed by atoms with Crippen LogP contribution in [0.15, 0.2) is 42.5 Å². The van der Waals surface area contributed by atoms with Gasteiger partial charge in [-0.3, -0.25) is 0 Å². The second kappa shape index (κ2) is 7.90. The van der Waals surface area contributed by atoms with Crippen molar-refractivity contribution in [3.63, 3.8) is 0 Å². The number of halogens is 1. The van der Waals surface area contributed by atoms with E-state index in [4.69, 9.17) is 12.2 Å². The van der Waals surface area contributed by atoms with Crippen molar-refractivity contribution in [1.82, 2.24) is 5.32 Å². The van der Waals surface area contributed by atoms with Crippen LogP contribution in [0.1, 0.15) is 30.5 Å². The van der Waals surface area contributed by atoms with E-state index < -0.39 is 0 Å². The molecule has 4 heteroatoms. The summed E-state index contributed by atoms with van der Waals surface area (Å²) in [5, 5.41) is 6.98. The van der Waals surface area contributed by atoms with Gasteiger partial charge in [-0.2, -0.15) is 0 Å². The largest absolute Gasteiger partial charge is 0.358 e. The molecular weight excluding hydrogens is 295 g/mol. The first-order valence-corrected chi connectivity index (χ1v) is 7.95. The number of nitrogens with one attached hydrogen (secondary N) is 2. The molecule has 116 valence electrons. The average molecular weight is 316 g/mol. The van der Waals surface area contributed by atoms with E-state index in [1.807, 2.05) is 6.07 Å². The van der Waals surface area contributed by atoms with Crippen molar-refractivity contribution in [3.8, 4) is 0 Å². The summed E-state index contributed by atoms with van der Waals surface area (Å²) in [7, 11) is 0. The molecule has 0 aliphatic carbocycles. The Bertz CT molecular complexity index is 633. The van der Waals surface area contributed by atoms with Crippen molar-refractivity contribution >= 4 is 23.0 Å². The molecule has 0 spiro atoms. The summed E-state index contributed by atoms with van der Waals surface area (Å²) in [4.78, 5) is 0. The average Bonchev–Trinajstić information content (AvgIpc) is 2.53. The first-order chi connectivity index (χ1) is 10.6. The lowest BCUT2D eigenvalue weighted by Crippen LogP contribution is -2.28. The van der Waals surface area contributed by atoms with Gasteiger partial charge in [-0.1, -0.05) is 44.2 Å². The molecule has 2 aromatic rings. The molecule has 0 heterocycles. The van der Waals surface area contributed by atoms with Gasteiger partial charge in [-0.15, -0.1) is 0 Å². The standard InChI is InChI=1S/C18H21FN2S/c1-3-14-8-6-9-15(4-2)17(14)21-18(22)20-12-13-7-5-10-16(19)11-13/h5-11H,3-4,12H2,1-2H3,(H2,20,21,22). The van der Waals surface area contributed by atoms with Crippen molar-refractivity contribution in [2.75, 3.05) is 5.32 Å². The van der Waals surface area contributed by atoms with E-state index in [0.29, 0.717) is 11.7 Å². The van der Waals surface area contributed by atoms with Crippen LogP contribution in [0.25, 0.3) is 0 Å². The number of anilines is 1. The number of aryl methyl sites for hydroxylation is 2. The summed E-state index contributed by atoms with van der Waals surface area (Å²) < 4.78 is 13.2. The highest BCUT2D eigenvalue weighted by molar-refractivity contribution is 7.80. The molecule has 2 N–H and O–H groups in total. The molecule has 22 heavy (non-hydrogen) atoms. The quantitative estimate of drug-likeness (QED) is 0.798. The Hall–Kier alpha value is -1.94. The van der Waals surface area contributed by atoms with Crippen LogP contribution in [-0.2, 0) is 19.4 Å². The first-order valence-electron chi connectivity index (χ1n) is 7.54. The fraction of sp³-hybridized carbons (Fsp3) is 0.278. The number of thiocarbonyl (C=S) groups is 1. The normalized spacial score (nSPS) is 10.3. The van der Waals surface area contributed by atoms with Gasteiger partial charge >= 0.3 is 0 Å². The minimum Gasteiger partial charge on any atom is -0.358 e. The Labute approximate surface area is 136 Å². The lowest BCUT2D eigenvalue weighted by atomic mass is 10.0. The van der Waals surface area contributed by atoms with Crippen molar-refractivity contribution in [2.24, 2.45) is 0 Å². The van der Waals surface area contributed by atoms with Crippen LogP contribution in [0.2, 0.25) is 0 Å². The number of rotatable bonds is 5. The van der Waals surface area contributed by atoms with E-state index in [2.05, 4.69) is 42.7 Å². The number of para-hydroxylation sites is 1. The van der Waals surface area contributed by atoms with E-state index >= 15 is 0 Å². The van der Waals surface area contributed by atoms with E-state index in [-0.39, 0.29) is 5.82 Å². The maximum atomic E-state index is 13.2. The fourth-order valence-corrected chi connectivity index (χ4v) is 2.56. The minimum atomic E-state index is -0.234. The summed E-state index contributed by atoms with van der Waals surface area (Å²) in [6.45, 7) is 4.76. The van der Waals surface area contributed by atoms with Crippen LogP contribution in [-0.4, -0.2) is 5.11 Å². The summed E-state index contributed by atoms with van der Waals surface area (Å²) in [5.41, 5.74) is 4.44. The van der Waals surface area contributed by atoms with Crippen LogP contribution in [0.5, 0.6) is 0 Å². The third kappa shape index (κ3) is 4.28. The van der Waals surface area contributed by atoms with E-state index in [9.17, 15) is 4.39 Å². The smallest absolute Gasteiger partial charge is 0.171 e. The number of benzene rings is 2. The van der Waals surface area contributed by atoms with Crippen LogP contribution >= 0.6 is 12.2 Å². The van der Waals surface area contributed by atoms with Crippen molar-refractivity contribution in [1.29, 1.82) is 0 Å². The van der Waals surface area contributed by atoms with Gasteiger partial charge in [0.2, 0.25) is 0 Å². The van der Waals surface area contributed by atoms with Crippen molar-refractivity contribution in [2.45, 2.75) is 33.2 Å². The topological polar surface area (TPSA) is 24.1 Å². The lowest BCUT2D eigenvalue weighted by molar-refractivity contribution is 0.625. The molecule has 2 nitrogen and oxygen atoms in total. The lowest BCUT2D eigenvalue weighted by Gasteiger charge is -2.17.